The zero-order valence-electron chi connectivity index (χ0n) is 12.3. The summed E-state index contributed by atoms with van der Waals surface area (Å²) >= 11 is 0. The normalized spacial score (nSPS) is 11.7. The van der Waals surface area contributed by atoms with Gasteiger partial charge in [0.1, 0.15) is 5.75 Å². The smallest absolute Gasteiger partial charge is 0.314 e. The van der Waals surface area contributed by atoms with Crippen molar-refractivity contribution in [1.29, 1.82) is 0 Å². The predicted octanol–water partition coefficient (Wildman–Crippen LogP) is 4.86. The molecule has 0 aromatic heterocycles. The maximum atomic E-state index is 12.0. The molecule has 0 fully saturated rings. The van der Waals surface area contributed by atoms with Crippen molar-refractivity contribution in [3.8, 4) is 16.9 Å². The second kappa shape index (κ2) is 7.44. The van der Waals surface area contributed by atoms with Crippen LogP contribution in [-0.2, 0) is 4.79 Å². The number of allylic oxidation sites excluding steroid dienone is 1. The van der Waals surface area contributed by atoms with Crippen molar-refractivity contribution in [2.75, 3.05) is 0 Å². The summed E-state index contributed by atoms with van der Waals surface area (Å²) in [6.07, 6.45) is 3.16. The summed E-state index contributed by atoms with van der Waals surface area (Å²) in [5.41, 5.74) is 2.25. The minimum atomic E-state index is -0.190. The monoisotopic (exact) mass is 280 g/mol. The van der Waals surface area contributed by atoms with Gasteiger partial charge in [-0.05, 0) is 36.1 Å². The van der Waals surface area contributed by atoms with E-state index in [1.54, 1.807) is 6.08 Å². The molecule has 0 N–H and O–H groups in total. The Labute approximate surface area is 126 Å². The highest BCUT2D eigenvalue weighted by atomic mass is 16.5. The summed E-state index contributed by atoms with van der Waals surface area (Å²) < 4.78 is 5.42. The van der Waals surface area contributed by atoms with E-state index in [9.17, 15) is 4.79 Å². The van der Waals surface area contributed by atoms with Crippen LogP contribution in [0.3, 0.4) is 0 Å². The van der Waals surface area contributed by atoms with E-state index in [0.717, 1.165) is 17.5 Å². The predicted molar refractivity (Wildman–Crippen MR) is 86.1 cm³/mol. The van der Waals surface area contributed by atoms with E-state index in [4.69, 9.17) is 4.74 Å². The van der Waals surface area contributed by atoms with Crippen molar-refractivity contribution in [3.05, 3.63) is 67.3 Å². The maximum Gasteiger partial charge on any atom is 0.314 e. The second-order valence-electron chi connectivity index (χ2n) is 4.94. The second-order valence-corrected chi connectivity index (χ2v) is 4.94. The van der Waals surface area contributed by atoms with Crippen molar-refractivity contribution in [3.63, 3.8) is 0 Å². The number of carbonyl (C=O) groups excluding carboxylic acids is 1. The van der Waals surface area contributed by atoms with Gasteiger partial charge in [-0.15, -0.1) is 6.58 Å². The van der Waals surface area contributed by atoms with Crippen LogP contribution in [0.5, 0.6) is 5.75 Å². The van der Waals surface area contributed by atoms with E-state index in [1.165, 1.54) is 0 Å². The molecule has 0 radical (unpaired) electrons. The van der Waals surface area contributed by atoms with Gasteiger partial charge in [-0.3, -0.25) is 4.79 Å². The average molecular weight is 280 g/mol. The first-order valence-electron chi connectivity index (χ1n) is 7.22. The first-order valence-corrected chi connectivity index (χ1v) is 7.22. The number of ether oxygens (including phenoxy) is 1. The number of rotatable bonds is 6. The van der Waals surface area contributed by atoms with E-state index >= 15 is 0 Å². The van der Waals surface area contributed by atoms with E-state index in [0.29, 0.717) is 12.2 Å². The summed E-state index contributed by atoms with van der Waals surface area (Å²) in [7, 11) is 0. The van der Waals surface area contributed by atoms with Gasteiger partial charge in [0.25, 0.3) is 0 Å². The third-order valence-corrected chi connectivity index (χ3v) is 3.46. The molecule has 2 aromatic carbocycles. The quantitative estimate of drug-likeness (QED) is 0.429. The average Bonchev–Trinajstić information content (AvgIpc) is 2.54. The Morgan fingerprint density at radius 3 is 2.29 bits per heavy atom. The van der Waals surface area contributed by atoms with Gasteiger partial charge in [0.2, 0.25) is 0 Å². The largest absolute Gasteiger partial charge is 0.426 e. The molecule has 0 bridgehead atoms. The molecule has 0 aliphatic carbocycles. The lowest BCUT2D eigenvalue weighted by Gasteiger charge is -2.12. The lowest BCUT2D eigenvalue weighted by atomic mass is 10.0. The third kappa shape index (κ3) is 4.06. The standard InChI is InChI=1S/C19H20O2/c1-3-8-15(4-2)19(20)21-18-13-11-17(12-14-18)16-9-6-5-7-10-16/h3,5-7,9-15H,1,4,8H2,2H3. The molecule has 0 aliphatic heterocycles. The Balaban J connectivity index is 2.06. The van der Waals surface area contributed by atoms with Gasteiger partial charge in [-0.1, -0.05) is 55.5 Å². The van der Waals surface area contributed by atoms with Gasteiger partial charge < -0.3 is 4.74 Å². The lowest BCUT2D eigenvalue weighted by Crippen LogP contribution is -2.19. The highest BCUT2D eigenvalue weighted by molar-refractivity contribution is 5.75. The van der Waals surface area contributed by atoms with Crippen molar-refractivity contribution in [2.24, 2.45) is 5.92 Å². The third-order valence-electron chi connectivity index (χ3n) is 3.46. The molecule has 0 amide bonds. The molecular formula is C19H20O2. The van der Waals surface area contributed by atoms with Crippen LogP contribution in [-0.4, -0.2) is 5.97 Å². The van der Waals surface area contributed by atoms with Gasteiger partial charge in [0.05, 0.1) is 5.92 Å². The van der Waals surface area contributed by atoms with Gasteiger partial charge >= 0.3 is 5.97 Å². The Hall–Kier alpha value is -2.35. The Bertz CT molecular complexity index is 585. The number of esters is 1. The summed E-state index contributed by atoms with van der Waals surface area (Å²) in [5.74, 6) is 0.281. The molecular weight excluding hydrogens is 260 g/mol. The summed E-state index contributed by atoms with van der Waals surface area (Å²) in [6, 6.07) is 17.7. The summed E-state index contributed by atoms with van der Waals surface area (Å²) in [6.45, 7) is 5.66. The fourth-order valence-corrected chi connectivity index (χ4v) is 2.18. The zero-order valence-corrected chi connectivity index (χ0v) is 12.3. The molecule has 2 aromatic rings. The van der Waals surface area contributed by atoms with E-state index < -0.39 is 0 Å². The molecule has 1 atom stereocenters. The summed E-state index contributed by atoms with van der Waals surface area (Å²) in [5, 5.41) is 0. The number of carbonyl (C=O) groups is 1. The number of benzene rings is 2. The van der Waals surface area contributed by atoms with E-state index in [1.807, 2.05) is 49.4 Å². The molecule has 0 spiro atoms. The van der Waals surface area contributed by atoms with Crippen LogP contribution < -0.4 is 4.74 Å². The fraction of sp³-hybridized carbons (Fsp3) is 0.211. The van der Waals surface area contributed by atoms with E-state index in [-0.39, 0.29) is 11.9 Å². The van der Waals surface area contributed by atoms with Gasteiger partial charge in [-0.25, -0.2) is 0 Å². The molecule has 0 saturated heterocycles. The molecule has 2 nitrogen and oxygen atoms in total. The van der Waals surface area contributed by atoms with Crippen LogP contribution in [0.1, 0.15) is 19.8 Å². The van der Waals surface area contributed by atoms with Crippen LogP contribution in [0.4, 0.5) is 0 Å². The first-order chi connectivity index (χ1) is 10.2. The van der Waals surface area contributed by atoms with Crippen molar-refractivity contribution in [2.45, 2.75) is 19.8 Å². The Morgan fingerprint density at radius 2 is 1.71 bits per heavy atom. The first kappa shape index (κ1) is 15.0. The number of hydrogen-bond donors (Lipinski definition) is 0. The molecule has 0 saturated carbocycles. The van der Waals surface area contributed by atoms with Crippen LogP contribution >= 0.6 is 0 Å². The van der Waals surface area contributed by atoms with Crippen molar-refractivity contribution in [1.82, 2.24) is 0 Å². The van der Waals surface area contributed by atoms with E-state index in [2.05, 4.69) is 18.7 Å². The molecule has 2 rings (SSSR count). The maximum absolute atomic E-state index is 12.0. The molecule has 0 heterocycles. The van der Waals surface area contributed by atoms with Gasteiger partial charge in [-0.2, -0.15) is 0 Å². The molecule has 21 heavy (non-hydrogen) atoms. The lowest BCUT2D eigenvalue weighted by molar-refractivity contribution is -0.138. The van der Waals surface area contributed by atoms with Crippen LogP contribution in [0.15, 0.2) is 67.3 Å². The SMILES string of the molecule is C=CCC(CC)C(=O)Oc1ccc(-c2ccccc2)cc1. The van der Waals surface area contributed by atoms with Crippen molar-refractivity contribution < 1.29 is 9.53 Å². The van der Waals surface area contributed by atoms with Crippen LogP contribution in [0.25, 0.3) is 11.1 Å². The van der Waals surface area contributed by atoms with Gasteiger partial charge in [0, 0.05) is 0 Å². The summed E-state index contributed by atoms with van der Waals surface area (Å²) in [4.78, 5) is 12.0. The highest BCUT2D eigenvalue weighted by Crippen LogP contribution is 2.23. The van der Waals surface area contributed by atoms with Crippen LogP contribution in [0, 0.1) is 5.92 Å². The molecule has 108 valence electrons. The minimum absolute atomic E-state index is 0.115. The molecule has 2 heteroatoms. The zero-order chi connectivity index (χ0) is 15.1. The highest BCUT2D eigenvalue weighted by Gasteiger charge is 2.17. The topological polar surface area (TPSA) is 26.3 Å². The van der Waals surface area contributed by atoms with Crippen LogP contribution in [0.2, 0.25) is 0 Å². The fourth-order valence-electron chi connectivity index (χ4n) is 2.18. The molecule has 1 unspecified atom stereocenters. The Kier molecular flexibility index (Phi) is 5.33. The van der Waals surface area contributed by atoms with Gasteiger partial charge in [0.15, 0.2) is 0 Å². The minimum Gasteiger partial charge on any atom is -0.426 e. The molecule has 0 aliphatic rings. The number of hydrogen-bond acceptors (Lipinski definition) is 2. The Morgan fingerprint density at radius 1 is 1.10 bits per heavy atom. The van der Waals surface area contributed by atoms with Crippen molar-refractivity contribution >= 4 is 5.97 Å².